The number of hydrogen-bond acceptors (Lipinski definition) is 7. The van der Waals surface area contributed by atoms with Crippen LogP contribution in [0.25, 0.3) is 0 Å². The molecule has 0 radical (unpaired) electrons. The molecule has 0 saturated heterocycles. The molecule has 7 nitrogen and oxygen atoms in total. The topological polar surface area (TPSA) is 131 Å². The highest BCUT2D eigenvalue weighted by Gasteiger charge is 2.18. The average molecular weight is 261 g/mol. The van der Waals surface area contributed by atoms with E-state index in [0.29, 0.717) is 12.8 Å². The van der Waals surface area contributed by atoms with Crippen LogP contribution in [0.15, 0.2) is 0 Å². The predicted molar refractivity (Wildman–Crippen MR) is 66.4 cm³/mol. The van der Waals surface area contributed by atoms with E-state index in [1.165, 1.54) is 14.2 Å². The molecule has 0 rings (SSSR count). The lowest BCUT2D eigenvalue weighted by molar-refractivity contribution is -0.141. The monoisotopic (exact) mass is 261 g/mol. The first-order valence-corrected chi connectivity index (χ1v) is 5.79. The van der Waals surface area contributed by atoms with Crippen molar-refractivity contribution in [3.63, 3.8) is 0 Å². The second-order valence-electron chi connectivity index (χ2n) is 4.31. The minimum absolute atomic E-state index is 0.121. The summed E-state index contributed by atoms with van der Waals surface area (Å²) in [6.45, 7) is 0. The van der Waals surface area contributed by atoms with E-state index >= 15 is 0 Å². The van der Waals surface area contributed by atoms with E-state index < -0.39 is 0 Å². The van der Waals surface area contributed by atoms with Gasteiger partial charge in [0.25, 0.3) is 0 Å². The molecule has 0 aliphatic heterocycles. The average Bonchev–Trinajstić information content (AvgIpc) is 2.27. The molecule has 0 aliphatic carbocycles. The Kier molecular flexibility index (Phi) is 8.27. The van der Waals surface area contributed by atoms with E-state index in [-0.39, 0.29) is 42.9 Å². The summed E-state index contributed by atoms with van der Waals surface area (Å²) in [6.07, 6.45) is 1.14. The second-order valence-corrected chi connectivity index (χ2v) is 4.31. The molecule has 6 N–H and O–H groups in total. The highest BCUT2D eigenvalue weighted by atomic mass is 16.5. The van der Waals surface area contributed by atoms with Gasteiger partial charge in [0.15, 0.2) is 0 Å². The van der Waals surface area contributed by atoms with Gasteiger partial charge in [-0.1, -0.05) is 0 Å². The molecule has 0 spiro atoms. The number of methoxy groups -OCH3 is 2. The number of esters is 2. The van der Waals surface area contributed by atoms with Gasteiger partial charge in [0.05, 0.1) is 27.1 Å². The number of carbonyl (C=O) groups excluding carboxylic acids is 2. The lowest BCUT2D eigenvalue weighted by Gasteiger charge is -2.19. The number of nitrogens with two attached hydrogens (primary N) is 3. The van der Waals surface area contributed by atoms with Crippen molar-refractivity contribution in [3.05, 3.63) is 0 Å². The van der Waals surface area contributed by atoms with Crippen LogP contribution in [0.5, 0.6) is 0 Å². The van der Waals surface area contributed by atoms with Crippen LogP contribution in [0.3, 0.4) is 0 Å². The zero-order valence-corrected chi connectivity index (χ0v) is 10.9. The van der Waals surface area contributed by atoms with Crippen LogP contribution in [-0.4, -0.2) is 44.3 Å². The fraction of sp³-hybridized carbons (Fsp3) is 0.818. The van der Waals surface area contributed by atoms with Gasteiger partial charge >= 0.3 is 11.9 Å². The quantitative estimate of drug-likeness (QED) is 0.471. The minimum atomic E-state index is -0.367. The van der Waals surface area contributed by atoms with Crippen LogP contribution >= 0.6 is 0 Å². The summed E-state index contributed by atoms with van der Waals surface area (Å²) in [6, 6.07) is -0.986. The lowest BCUT2D eigenvalue weighted by atomic mass is 9.98. The third-order valence-electron chi connectivity index (χ3n) is 2.52. The van der Waals surface area contributed by atoms with Gasteiger partial charge < -0.3 is 26.7 Å². The summed E-state index contributed by atoms with van der Waals surface area (Å²) in [5, 5.41) is 0. The van der Waals surface area contributed by atoms with E-state index in [9.17, 15) is 9.59 Å². The summed E-state index contributed by atoms with van der Waals surface area (Å²) in [5.74, 6) is -0.734. The van der Waals surface area contributed by atoms with E-state index in [0.717, 1.165) is 0 Å². The molecule has 0 bridgehead atoms. The summed E-state index contributed by atoms with van der Waals surface area (Å²) in [7, 11) is 2.61. The molecule has 0 heterocycles. The van der Waals surface area contributed by atoms with Gasteiger partial charge in [-0.2, -0.15) is 0 Å². The van der Waals surface area contributed by atoms with Crippen molar-refractivity contribution in [2.75, 3.05) is 14.2 Å². The van der Waals surface area contributed by atoms with Crippen molar-refractivity contribution in [2.24, 2.45) is 17.2 Å². The highest BCUT2D eigenvalue weighted by Crippen LogP contribution is 2.07. The van der Waals surface area contributed by atoms with Gasteiger partial charge in [0.1, 0.15) is 0 Å². The lowest BCUT2D eigenvalue weighted by Crippen LogP contribution is -2.38. The van der Waals surface area contributed by atoms with E-state index in [1.807, 2.05) is 0 Å². The molecule has 18 heavy (non-hydrogen) atoms. The molecule has 7 heteroatoms. The van der Waals surface area contributed by atoms with Gasteiger partial charge in [-0.3, -0.25) is 9.59 Å². The van der Waals surface area contributed by atoms with E-state index in [4.69, 9.17) is 17.2 Å². The first-order chi connectivity index (χ1) is 8.38. The third kappa shape index (κ3) is 7.99. The fourth-order valence-corrected chi connectivity index (χ4v) is 1.64. The molecule has 0 aromatic rings. The van der Waals surface area contributed by atoms with Crippen LogP contribution in [0.4, 0.5) is 0 Å². The number of carbonyl (C=O) groups is 2. The van der Waals surface area contributed by atoms with Crippen molar-refractivity contribution in [1.29, 1.82) is 0 Å². The Bertz CT molecular complexity index is 247. The van der Waals surface area contributed by atoms with Crippen molar-refractivity contribution in [3.8, 4) is 0 Å². The molecule has 0 aromatic heterocycles. The van der Waals surface area contributed by atoms with Crippen LogP contribution in [0.2, 0.25) is 0 Å². The van der Waals surface area contributed by atoms with Crippen molar-refractivity contribution in [1.82, 2.24) is 0 Å². The number of hydrogen-bond donors (Lipinski definition) is 3. The van der Waals surface area contributed by atoms with Gasteiger partial charge in [0, 0.05) is 18.1 Å². The molecule has 2 atom stereocenters. The Hall–Kier alpha value is -1.18. The van der Waals surface area contributed by atoms with Gasteiger partial charge in [-0.25, -0.2) is 0 Å². The normalized spacial score (nSPS) is 15.6. The van der Waals surface area contributed by atoms with Crippen LogP contribution in [0, 0.1) is 0 Å². The molecule has 0 aromatic carbocycles. The van der Waals surface area contributed by atoms with E-state index in [2.05, 4.69) is 9.47 Å². The summed E-state index contributed by atoms with van der Waals surface area (Å²) >= 11 is 0. The first kappa shape index (κ1) is 16.8. The Balaban J connectivity index is 3.91. The Morgan fingerprint density at radius 1 is 0.833 bits per heavy atom. The van der Waals surface area contributed by atoms with Crippen LogP contribution < -0.4 is 17.2 Å². The van der Waals surface area contributed by atoms with Crippen LogP contribution in [-0.2, 0) is 19.1 Å². The molecule has 0 aliphatic rings. The molecule has 0 saturated carbocycles. The van der Waals surface area contributed by atoms with E-state index in [1.54, 1.807) is 0 Å². The SMILES string of the molecule is COC(=O)CC(N)CC(N)CC(N)CC(=O)OC. The molecular formula is C11H23N3O4. The Labute approximate surface area is 107 Å². The maximum absolute atomic E-state index is 11.0. The molecule has 106 valence electrons. The highest BCUT2D eigenvalue weighted by molar-refractivity contribution is 5.70. The maximum atomic E-state index is 11.0. The molecule has 0 amide bonds. The van der Waals surface area contributed by atoms with Crippen molar-refractivity contribution >= 4 is 11.9 Å². The number of ether oxygens (including phenoxy) is 2. The zero-order chi connectivity index (χ0) is 14.1. The van der Waals surface area contributed by atoms with Crippen molar-refractivity contribution < 1.29 is 19.1 Å². The molecular weight excluding hydrogens is 238 g/mol. The standard InChI is InChI=1S/C11H23N3O4/c1-17-10(15)5-8(13)3-7(12)4-9(14)6-11(16)18-2/h7-9H,3-6,12-14H2,1-2H3. The summed E-state index contributed by atoms with van der Waals surface area (Å²) < 4.78 is 9.01. The molecule has 0 fully saturated rings. The Morgan fingerprint density at radius 2 is 1.17 bits per heavy atom. The number of rotatable bonds is 8. The first-order valence-electron chi connectivity index (χ1n) is 5.79. The third-order valence-corrected chi connectivity index (χ3v) is 2.52. The van der Waals surface area contributed by atoms with Gasteiger partial charge in [0.2, 0.25) is 0 Å². The summed E-state index contributed by atoms with van der Waals surface area (Å²) in [4.78, 5) is 22.0. The fourth-order valence-electron chi connectivity index (χ4n) is 1.64. The molecule has 2 unspecified atom stereocenters. The smallest absolute Gasteiger partial charge is 0.307 e. The Morgan fingerprint density at radius 3 is 1.44 bits per heavy atom. The van der Waals surface area contributed by atoms with Gasteiger partial charge in [-0.05, 0) is 12.8 Å². The summed E-state index contributed by atoms with van der Waals surface area (Å²) in [5.41, 5.74) is 17.3. The zero-order valence-electron chi connectivity index (χ0n) is 10.9. The largest absolute Gasteiger partial charge is 0.469 e. The van der Waals surface area contributed by atoms with Gasteiger partial charge in [-0.15, -0.1) is 0 Å². The maximum Gasteiger partial charge on any atom is 0.307 e. The van der Waals surface area contributed by atoms with Crippen LogP contribution in [0.1, 0.15) is 25.7 Å². The second kappa shape index (κ2) is 8.84. The predicted octanol–water partition coefficient (Wildman–Crippen LogP) is -1.13. The van der Waals surface area contributed by atoms with Crippen molar-refractivity contribution in [2.45, 2.75) is 43.8 Å². The minimum Gasteiger partial charge on any atom is -0.469 e.